The van der Waals surface area contributed by atoms with Crippen LogP contribution in [0.2, 0.25) is 0 Å². The molecule has 3 aromatic rings. The molecular formula is C27H26N3O5S-. The number of nitrogens with one attached hydrogen (secondary N) is 1. The number of nitrogens with zero attached hydrogens (tertiary/aromatic N) is 2. The van der Waals surface area contributed by atoms with Gasteiger partial charge in [0.05, 0.1) is 19.3 Å². The maximum Gasteiger partial charge on any atom is 0.231 e. The zero-order valence-corrected chi connectivity index (χ0v) is 20.8. The summed E-state index contributed by atoms with van der Waals surface area (Å²) < 4.78 is 17.0. The third kappa shape index (κ3) is 5.03. The van der Waals surface area contributed by atoms with Gasteiger partial charge in [-0.05, 0) is 73.6 Å². The molecule has 2 heterocycles. The fraction of sp³-hybridized carbons (Fsp3) is 0.259. The molecule has 0 aromatic heterocycles. The van der Waals surface area contributed by atoms with E-state index in [1.807, 2.05) is 24.3 Å². The maximum atomic E-state index is 10.9. The van der Waals surface area contributed by atoms with Crippen molar-refractivity contribution in [2.24, 2.45) is 0 Å². The molecule has 3 aromatic carbocycles. The zero-order valence-electron chi connectivity index (χ0n) is 20.0. The van der Waals surface area contributed by atoms with Gasteiger partial charge in [0.25, 0.3) is 0 Å². The monoisotopic (exact) mass is 504 g/mol. The van der Waals surface area contributed by atoms with Gasteiger partial charge in [0.15, 0.2) is 11.5 Å². The molecule has 2 aliphatic rings. The SMILES string of the molecule is COc1c2c(cc3c1[C@H](C#CCNc1ccc(Sc4ccc(N([O-])O)cc4)cc1)N(C)CC3)OCO2. The maximum absolute atomic E-state index is 10.9. The summed E-state index contributed by atoms with van der Waals surface area (Å²) in [7, 11) is 3.73. The van der Waals surface area contributed by atoms with E-state index in [2.05, 4.69) is 35.2 Å². The van der Waals surface area contributed by atoms with E-state index in [9.17, 15) is 5.21 Å². The van der Waals surface area contributed by atoms with Crippen LogP contribution >= 0.6 is 11.8 Å². The van der Waals surface area contributed by atoms with Crippen molar-refractivity contribution in [3.8, 4) is 29.1 Å². The first kappa shape index (κ1) is 24.2. The van der Waals surface area contributed by atoms with Crippen LogP contribution in [0.4, 0.5) is 11.4 Å². The lowest BCUT2D eigenvalue weighted by atomic mass is 9.91. The van der Waals surface area contributed by atoms with Crippen molar-refractivity contribution >= 4 is 23.1 Å². The molecule has 8 nitrogen and oxygen atoms in total. The first-order valence-corrected chi connectivity index (χ1v) is 12.3. The molecule has 5 rings (SSSR count). The highest BCUT2D eigenvalue weighted by Gasteiger charge is 2.33. The molecule has 2 aliphatic heterocycles. The Hall–Kier alpha value is -3.55. The lowest BCUT2D eigenvalue weighted by Gasteiger charge is -2.32. The zero-order chi connectivity index (χ0) is 25.1. The van der Waals surface area contributed by atoms with Gasteiger partial charge in [-0.2, -0.15) is 0 Å². The number of hydrogen-bond acceptors (Lipinski definition) is 9. The van der Waals surface area contributed by atoms with Gasteiger partial charge in [-0.3, -0.25) is 10.1 Å². The van der Waals surface area contributed by atoms with Gasteiger partial charge in [-0.1, -0.05) is 23.6 Å². The van der Waals surface area contributed by atoms with Crippen LogP contribution in [0.5, 0.6) is 17.2 Å². The van der Waals surface area contributed by atoms with Crippen molar-refractivity contribution in [1.82, 2.24) is 4.90 Å². The minimum atomic E-state index is -0.144. The van der Waals surface area contributed by atoms with E-state index in [1.54, 1.807) is 43.1 Å². The number of methoxy groups -OCH3 is 1. The van der Waals surface area contributed by atoms with Crippen molar-refractivity contribution < 1.29 is 19.4 Å². The molecule has 0 amide bonds. The Morgan fingerprint density at radius 3 is 2.58 bits per heavy atom. The van der Waals surface area contributed by atoms with Crippen LogP contribution in [0.1, 0.15) is 17.2 Å². The fourth-order valence-electron chi connectivity index (χ4n) is 4.33. The number of fused-ring (bicyclic) bond motifs is 2. The number of rotatable bonds is 6. The highest BCUT2D eigenvalue weighted by molar-refractivity contribution is 7.99. The van der Waals surface area contributed by atoms with E-state index >= 15 is 0 Å². The Morgan fingerprint density at radius 1 is 1.17 bits per heavy atom. The average Bonchev–Trinajstić information content (AvgIpc) is 3.36. The molecular weight excluding hydrogens is 478 g/mol. The largest absolute Gasteiger partial charge is 0.733 e. The van der Waals surface area contributed by atoms with Crippen LogP contribution in [0, 0.1) is 17.0 Å². The Kier molecular flexibility index (Phi) is 7.11. The minimum Gasteiger partial charge on any atom is -0.733 e. The van der Waals surface area contributed by atoms with E-state index in [4.69, 9.17) is 19.4 Å². The summed E-state index contributed by atoms with van der Waals surface area (Å²) in [6.45, 7) is 1.62. The molecule has 186 valence electrons. The number of benzene rings is 3. The van der Waals surface area contributed by atoms with Gasteiger partial charge in [0.2, 0.25) is 12.5 Å². The summed E-state index contributed by atoms with van der Waals surface area (Å²) in [5.74, 6) is 8.79. The molecule has 0 radical (unpaired) electrons. The second kappa shape index (κ2) is 10.6. The van der Waals surface area contributed by atoms with E-state index in [0.717, 1.165) is 39.8 Å². The predicted octanol–water partition coefficient (Wildman–Crippen LogP) is 4.91. The van der Waals surface area contributed by atoms with E-state index < -0.39 is 0 Å². The highest BCUT2D eigenvalue weighted by atomic mass is 32.2. The summed E-state index contributed by atoms with van der Waals surface area (Å²) in [6, 6.07) is 16.8. The number of ether oxygens (including phenoxy) is 3. The average molecular weight is 505 g/mol. The Bertz CT molecular complexity index is 1290. The van der Waals surface area contributed by atoms with Crippen LogP contribution < -0.4 is 24.8 Å². The van der Waals surface area contributed by atoms with E-state index in [0.29, 0.717) is 18.0 Å². The molecule has 0 aliphatic carbocycles. The van der Waals surface area contributed by atoms with Crippen LogP contribution in [-0.4, -0.2) is 44.1 Å². The molecule has 0 saturated carbocycles. The van der Waals surface area contributed by atoms with Gasteiger partial charge in [-0.15, -0.1) is 0 Å². The molecule has 0 fully saturated rings. The smallest absolute Gasteiger partial charge is 0.231 e. The topological polar surface area (TPSA) is 89.5 Å². The third-order valence-electron chi connectivity index (χ3n) is 6.16. The van der Waals surface area contributed by atoms with Gasteiger partial charge in [0.1, 0.15) is 6.04 Å². The molecule has 0 unspecified atom stereocenters. The molecule has 0 spiro atoms. The second-order valence-electron chi connectivity index (χ2n) is 8.42. The summed E-state index contributed by atoms with van der Waals surface area (Å²) in [5.41, 5.74) is 3.42. The molecule has 0 saturated heterocycles. The molecule has 36 heavy (non-hydrogen) atoms. The van der Waals surface area contributed by atoms with Gasteiger partial charge < -0.3 is 30.0 Å². The number of anilines is 2. The lowest BCUT2D eigenvalue weighted by Crippen LogP contribution is -2.31. The van der Waals surface area contributed by atoms with Crippen molar-refractivity contribution in [2.45, 2.75) is 22.3 Å². The molecule has 9 heteroatoms. The van der Waals surface area contributed by atoms with E-state index in [-0.39, 0.29) is 23.7 Å². The fourth-order valence-corrected chi connectivity index (χ4v) is 5.14. The summed E-state index contributed by atoms with van der Waals surface area (Å²) in [6.07, 6.45) is 0.905. The van der Waals surface area contributed by atoms with Gasteiger partial charge in [-0.25, -0.2) is 0 Å². The highest BCUT2D eigenvalue weighted by Crippen LogP contribution is 2.49. The number of hydrogen-bond donors (Lipinski definition) is 2. The summed E-state index contributed by atoms with van der Waals surface area (Å²) in [5, 5.41) is 23.1. The quantitative estimate of drug-likeness (QED) is 0.359. The first-order chi connectivity index (χ1) is 17.5. The molecule has 1 atom stereocenters. The number of likely N-dealkylation sites (N-methyl/N-ethyl adjacent to an activating group) is 1. The normalized spacial score (nSPS) is 16.1. The lowest BCUT2D eigenvalue weighted by molar-refractivity contribution is 0.171. The van der Waals surface area contributed by atoms with Crippen molar-refractivity contribution in [3.63, 3.8) is 0 Å². The van der Waals surface area contributed by atoms with Crippen LogP contribution in [0.15, 0.2) is 64.4 Å². The predicted molar refractivity (Wildman–Crippen MR) is 139 cm³/mol. The van der Waals surface area contributed by atoms with Crippen LogP contribution in [0.25, 0.3) is 0 Å². The standard InChI is InChI=1S/C27H26N3O5S/c1-29-15-13-18-16-24-26(35-17-34-24)27(33-2)25(18)23(29)4-3-14-28-19-5-9-21(10-6-19)36-22-11-7-20(8-12-22)30(31)32/h5-12,16,23,28,31H,13-15,17H2,1-2H3/q-1/t23-/m0/s1. The van der Waals surface area contributed by atoms with Crippen molar-refractivity contribution in [3.05, 3.63) is 70.9 Å². The first-order valence-electron chi connectivity index (χ1n) is 11.5. The van der Waals surface area contributed by atoms with Crippen LogP contribution in [-0.2, 0) is 6.42 Å². The van der Waals surface area contributed by atoms with Crippen molar-refractivity contribution in [1.29, 1.82) is 0 Å². The summed E-state index contributed by atoms with van der Waals surface area (Å²) >= 11 is 1.57. The molecule has 2 N–H and O–H groups in total. The minimum absolute atomic E-state index is 0.0929. The van der Waals surface area contributed by atoms with Crippen LogP contribution in [0.3, 0.4) is 0 Å². The Labute approximate surface area is 214 Å². The second-order valence-corrected chi connectivity index (χ2v) is 9.56. The van der Waals surface area contributed by atoms with E-state index in [1.165, 1.54) is 5.56 Å². The molecule has 0 bridgehead atoms. The van der Waals surface area contributed by atoms with Gasteiger partial charge in [0, 0.05) is 27.6 Å². The third-order valence-corrected chi connectivity index (χ3v) is 7.18. The van der Waals surface area contributed by atoms with Gasteiger partial charge >= 0.3 is 0 Å². The summed E-state index contributed by atoms with van der Waals surface area (Å²) in [4.78, 5) is 4.27. The Morgan fingerprint density at radius 2 is 1.89 bits per heavy atom. The van der Waals surface area contributed by atoms with Crippen molar-refractivity contribution in [2.75, 3.05) is 44.6 Å². The Balaban J connectivity index is 1.23.